The number of amidine groups is 1. The molecule has 1 aromatic heterocycles. The van der Waals surface area contributed by atoms with Crippen molar-refractivity contribution < 1.29 is 5.21 Å². The van der Waals surface area contributed by atoms with Gasteiger partial charge in [-0.05, 0) is 39.7 Å². The Kier molecular flexibility index (Phi) is 4.95. The molecule has 0 bridgehead atoms. The first-order valence-electron chi connectivity index (χ1n) is 5.71. The highest BCUT2D eigenvalue weighted by atomic mass is 79.9. The van der Waals surface area contributed by atoms with Crippen molar-refractivity contribution in [2.24, 2.45) is 10.9 Å². The minimum absolute atomic E-state index is 0.129. The van der Waals surface area contributed by atoms with E-state index >= 15 is 0 Å². The second kappa shape index (κ2) is 6.70. The zero-order valence-electron chi connectivity index (χ0n) is 10.1. The molecule has 19 heavy (non-hydrogen) atoms. The van der Waals surface area contributed by atoms with Crippen LogP contribution in [0.4, 0.5) is 0 Å². The van der Waals surface area contributed by atoms with Crippen LogP contribution in [0.1, 0.15) is 16.0 Å². The Labute approximate surface area is 124 Å². The number of oxime groups is 1. The minimum Gasteiger partial charge on any atom is -0.409 e. The van der Waals surface area contributed by atoms with E-state index in [2.05, 4.69) is 32.5 Å². The number of nitrogens with zero attached hydrogens (tertiary/aromatic N) is 1. The van der Waals surface area contributed by atoms with E-state index in [1.807, 2.05) is 30.3 Å². The van der Waals surface area contributed by atoms with E-state index in [9.17, 15) is 0 Å². The van der Waals surface area contributed by atoms with Crippen LogP contribution in [-0.2, 0) is 13.1 Å². The van der Waals surface area contributed by atoms with Crippen molar-refractivity contribution in [3.05, 3.63) is 56.2 Å². The summed E-state index contributed by atoms with van der Waals surface area (Å²) in [7, 11) is 0. The van der Waals surface area contributed by atoms with Gasteiger partial charge >= 0.3 is 0 Å². The van der Waals surface area contributed by atoms with Crippen LogP contribution in [0.25, 0.3) is 0 Å². The lowest BCUT2D eigenvalue weighted by Crippen LogP contribution is -2.15. The van der Waals surface area contributed by atoms with Gasteiger partial charge in [-0.1, -0.05) is 23.4 Å². The Bertz CT molecular complexity index is 583. The van der Waals surface area contributed by atoms with Crippen LogP contribution in [0.15, 0.2) is 45.3 Å². The molecular formula is C13H14BrN3OS. The largest absolute Gasteiger partial charge is 0.409 e. The highest BCUT2D eigenvalue weighted by Gasteiger charge is 2.01. The third-order valence-corrected chi connectivity index (χ3v) is 4.21. The van der Waals surface area contributed by atoms with Crippen molar-refractivity contribution in [2.75, 3.05) is 0 Å². The summed E-state index contributed by atoms with van der Waals surface area (Å²) >= 11 is 5.16. The van der Waals surface area contributed by atoms with Crippen molar-refractivity contribution in [1.82, 2.24) is 5.32 Å². The molecule has 0 atom stereocenters. The molecule has 4 N–H and O–H groups in total. The van der Waals surface area contributed by atoms with E-state index in [1.165, 1.54) is 4.88 Å². The van der Waals surface area contributed by atoms with Crippen LogP contribution >= 0.6 is 27.3 Å². The highest BCUT2D eigenvalue weighted by molar-refractivity contribution is 9.11. The molecule has 0 amide bonds. The smallest absolute Gasteiger partial charge is 0.170 e. The number of halogens is 1. The maximum absolute atomic E-state index is 8.65. The molecule has 0 fully saturated rings. The summed E-state index contributed by atoms with van der Waals surface area (Å²) in [6.07, 6.45) is 0. The van der Waals surface area contributed by atoms with E-state index in [4.69, 9.17) is 10.9 Å². The molecule has 6 heteroatoms. The molecule has 2 rings (SSSR count). The molecule has 2 aromatic rings. The van der Waals surface area contributed by atoms with Crippen LogP contribution < -0.4 is 11.1 Å². The van der Waals surface area contributed by atoms with Gasteiger partial charge in [-0.15, -0.1) is 11.3 Å². The number of benzene rings is 1. The first-order chi connectivity index (χ1) is 9.19. The summed E-state index contributed by atoms with van der Waals surface area (Å²) in [4.78, 5) is 1.28. The lowest BCUT2D eigenvalue weighted by molar-refractivity contribution is 0.318. The van der Waals surface area contributed by atoms with E-state index in [0.717, 1.165) is 28.0 Å². The molecule has 4 nitrogen and oxygen atoms in total. The standard InChI is InChI=1S/C13H14BrN3OS/c14-12-5-4-11(19-12)8-16-7-9-2-1-3-10(6-9)13(15)17-18/h1-6,16,18H,7-8H2,(H2,15,17). The van der Waals surface area contributed by atoms with Crippen LogP contribution in [0.2, 0.25) is 0 Å². The van der Waals surface area contributed by atoms with Crippen LogP contribution in [0, 0.1) is 0 Å². The van der Waals surface area contributed by atoms with Crippen LogP contribution in [0.5, 0.6) is 0 Å². The molecule has 0 spiro atoms. The molecular weight excluding hydrogens is 326 g/mol. The predicted octanol–water partition coefficient (Wildman–Crippen LogP) is 2.89. The van der Waals surface area contributed by atoms with Crippen molar-refractivity contribution in [1.29, 1.82) is 0 Å². The second-order valence-corrected chi connectivity index (χ2v) is 6.54. The van der Waals surface area contributed by atoms with Gasteiger partial charge in [-0.3, -0.25) is 0 Å². The summed E-state index contributed by atoms with van der Waals surface area (Å²) in [5.74, 6) is 0.129. The average Bonchev–Trinajstić information content (AvgIpc) is 2.84. The first-order valence-corrected chi connectivity index (χ1v) is 7.32. The molecule has 0 radical (unpaired) electrons. The Hall–Kier alpha value is -1.37. The maximum atomic E-state index is 8.65. The van der Waals surface area contributed by atoms with Crippen LogP contribution in [-0.4, -0.2) is 11.0 Å². The summed E-state index contributed by atoms with van der Waals surface area (Å²) < 4.78 is 1.14. The normalized spacial score (nSPS) is 11.7. The number of thiophene rings is 1. The van der Waals surface area contributed by atoms with E-state index in [1.54, 1.807) is 11.3 Å². The second-order valence-electron chi connectivity index (χ2n) is 3.99. The number of rotatable bonds is 5. The SMILES string of the molecule is NC(=NO)c1cccc(CNCc2ccc(Br)s2)c1. The predicted molar refractivity (Wildman–Crippen MR) is 81.5 cm³/mol. The van der Waals surface area contributed by atoms with Crippen molar-refractivity contribution in [3.63, 3.8) is 0 Å². The van der Waals surface area contributed by atoms with Crippen molar-refractivity contribution in [3.8, 4) is 0 Å². The first kappa shape index (κ1) is 14.0. The topological polar surface area (TPSA) is 70.6 Å². The van der Waals surface area contributed by atoms with Gasteiger partial charge in [0.25, 0.3) is 0 Å². The van der Waals surface area contributed by atoms with Gasteiger partial charge in [0.2, 0.25) is 0 Å². The Balaban J connectivity index is 1.92. The van der Waals surface area contributed by atoms with Crippen LogP contribution in [0.3, 0.4) is 0 Å². The fourth-order valence-electron chi connectivity index (χ4n) is 1.68. The van der Waals surface area contributed by atoms with Gasteiger partial charge in [0.1, 0.15) is 0 Å². The summed E-state index contributed by atoms with van der Waals surface area (Å²) in [6, 6.07) is 11.8. The van der Waals surface area contributed by atoms with Gasteiger partial charge in [0.05, 0.1) is 3.79 Å². The van der Waals surface area contributed by atoms with Gasteiger partial charge in [-0.2, -0.15) is 0 Å². The fourth-order valence-corrected chi connectivity index (χ4v) is 3.13. The zero-order valence-corrected chi connectivity index (χ0v) is 12.5. The Morgan fingerprint density at radius 3 is 2.84 bits per heavy atom. The van der Waals surface area contributed by atoms with Gasteiger partial charge in [0.15, 0.2) is 5.84 Å². The lowest BCUT2D eigenvalue weighted by Gasteiger charge is -2.05. The number of hydrogen-bond acceptors (Lipinski definition) is 4. The summed E-state index contributed by atoms with van der Waals surface area (Å²) in [5.41, 5.74) is 7.38. The van der Waals surface area contributed by atoms with E-state index in [-0.39, 0.29) is 5.84 Å². The van der Waals surface area contributed by atoms with Gasteiger partial charge < -0.3 is 16.3 Å². The molecule has 0 saturated heterocycles. The number of hydrogen-bond donors (Lipinski definition) is 3. The van der Waals surface area contributed by atoms with Gasteiger partial charge in [-0.25, -0.2) is 0 Å². The summed E-state index contributed by atoms with van der Waals surface area (Å²) in [5, 5.41) is 15.0. The summed E-state index contributed by atoms with van der Waals surface area (Å²) in [6.45, 7) is 1.56. The van der Waals surface area contributed by atoms with E-state index < -0.39 is 0 Å². The Morgan fingerprint density at radius 1 is 1.32 bits per heavy atom. The molecule has 0 unspecified atom stereocenters. The quantitative estimate of drug-likeness (QED) is 0.339. The third kappa shape index (κ3) is 4.05. The molecule has 0 aliphatic heterocycles. The zero-order chi connectivity index (χ0) is 13.7. The highest BCUT2D eigenvalue weighted by Crippen LogP contribution is 2.21. The molecule has 0 saturated carbocycles. The number of nitrogens with two attached hydrogens (primary N) is 1. The van der Waals surface area contributed by atoms with Gasteiger partial charge in [0, 0.05) is 23.5 Å². The average molecular weight is 340 g/mol. The van der Waals surface area contributed by atoms with Crippen molar-refractivity contribution >= 4 is 33.1 Å². The molecule has 0 aliphatic rings. The number of nitrogens with one attached hydrogen (secondary N) is 1. The van der Waals surface area contributed by atoms with E-state index in [0.29, 0.717) is 0 Å². The van der Waals surface area contributed by atoms with Crippen molar-refractivity contribution in [2.45, 2.75) is 13.1 Å². The minimum atomic E-state index is 0.129. The fraction of sp³-hybridized carbons (Fsp3) is 0.154. The maximum Gasteiger partial charge on any atom is 0.170 e. The Morgan fingerprint density at radius 2 is 2.16 bits per heavy atom. The molecule has 1 aromatic carbocycles. The molecule has 0 aliphatic carbocycles. The monoisotopic (exact) mass is 339 g/mol. The lowest BCUT2D eigenvalue weighted by atomic mass is 10.1. The molecule has 1 heterocycles. The molecule has 100 valence electrons. The third-order valence-electron chi connectivity index (χ3n) is 2.59.